The molecule has 2 heteroatoms. The molecule has 0 fully saturated rings. The second-order valence-electron chi connectivity index (χ2n) is 5.08. The Morgan fingerprint density at radius 3 is 2.67 bits per heavy atom. The molecule has 1 rings (SSSR count). The highest BCUT2D eigenvalue weighted by atomic mass is 16.5. The first kappa shape index (κ1) is 14.8. The summed E-state index contributed by atoms with van der Waals surface area (Å²) < 4.78 is 5.73. The van der Waals surface area contributed by atoms with Crippen LogP contribution >= 0.6 is 0 Å². The third-order valence-electron chi connectivity index (χ3n) is 2.84. The van der Waals surface area contributed by atoms with Gasteiger partial charge in [0.2, 0.25) is 0 Å². The Labute approximate surface area is 111 Å². The number of hydrogen-bond acceptors (Lipinski definition) is 2. The molecule has 0 aliphatic carbocycles. The van der Waals surface area contributed by atoms with Crippen LogP contribution in [0, 0.1) is 0 Å². The summed E-state index contributed by atoms with van der Waals surface area (Å²) in [5, 5.41) is 3.36. The highest BCUT2D eigenvalue weighted by Crippen LogP contribution is 2.24. The van der Waals surface area contributed by atoms with Gasteiger partial charge in [-0.15, -0.1) is 6.58 Å². The first-order chi connectivity index (χ1) is 8.52. The topological polar surface area (TPSA) is 21.3 Å². The molecule has 0 spiro atoms. The van der Waals surface area contributed by atoms with Gasteiger partial charge in [-0.05, 0) is 58.4 Å². The zero-order valence-electron chi connectivity index (χ0n) is 12.0. The Kier molecular flexibility index (Phi) is 5.93. The van der Waals surface area contributed by atoms with Gasteiger partial charge in [0.25, 0.3) is 0 Å². The van der Waals surface area contributed by atoms with Crippen molar-refractivity contribution in [2.24, 2.45) is 0 Å². The molecule has 18 heavy (non-hydrogen) atoms. The van der Waals surface area contributed by atoms with E-state index in [-0.39, 0.29) is 6.10 Å². The van der Waals surface area contributed by atoms with E-state index in [2.05, 4.69) is 37.0 Å². The lowest BCUT2D eigenvalue weighted by molar-refractivity contribution is 0.242. The highest BCUT2D eigenvalue weighted by Gasteiger charge is 2.10. The number of hydrogen-bond donors (Lipinski definition) is 1. The van der Waals surface area contributed by atoms with Gasteiger partial charge in [-0.1, -0.05) is 17.7 Å². The standard InChI is InChI=1S/C16H25NO/c1-12(2)9-10-16(17-5)14-7-6-8-15(11-14)18-13(3)4/h6-8,11,13,16-17H,1,9-10H2,2-5H3. The van der Waals surface area contributed by atoms with Crippen molar-refractivity contribution in [2.75, 3.05) is 7.05 Å². The summed E-state index contributed by atoms with van der Waals surface area (Å²) in [4.78, 5) is 0. The van der Waals surface area contributed by atoms with Crippen LogP contribution in [0.5, 0.6) is 5.75 Å². The summed E-state index contributed by atoms with van der Waals surface area (Å²) >= 11 is 0. The van der Waals surface area contributed by atoms with Gasteiger partial charge in [0.05, 0.1) is 6.10 Å². The van der Waals surface area contributed by atoms with E-state index in [0.29, 0.717) is 6.04 Å². The van der Waals surface area contributed by atoms with Crippen LogP contribution in [0.25, 0.3) is 0 Å². The van der Waals surface area contributed by atoms with Gasteiger partial charge >= 0.3 is 0 Å². The van der Waals surface area contributed by atoms with Gasteiger partial charge in [0.15, 0.2) is 0 Å². The predicted molar refractivity (Wildman–Crippen MR) is 78.1 cm³/mol. The molecule has 1 aromatic rings. The second kappa shape index (κ2) is 7.22. The van der Waals surface area contributed by atoms with E-state index >= 15 is 0 Å². The minimum Gasteiger partial charge on any atom is -0.491 e. The quantitative estimate of drug-likeness (QED) is 0.733. The summed E-state index contributed by atoms with van der Waals surface area (Å²) in [5.74, 6) is 0.943. The Balaban J connectivity index is 2.75. The van der Waals surface area contributed by atoms with Crippen molar-refractivity contribution in [1.29, 1.82) is 0 Å². The van der Waals surface area contributed by atoms with Crippen molar-refractivity contribution >= 4 is 0 Å². The zero-order valence-corrected chi connectivity index (χ0v) is 12.0. The Hall–Kier alpha value is -1.28. The maximum absolute atomic E-state index is 5.73. The fraction of sp³-hybridized carbons (Fsp3) is 0.500. The second-order valence-corrected chi connectivity index (χ2v) is 5.08. The average molecular weight is 247 g/mol. The van der Waals surface area contributed by atoms with E-state index in [4.69, 9.17) is 4.74 Å². The van der Waals surface area contributed by atoms with Gasteiger partial charge in [0, 0.05) is 6.04 Å². The van der Waals surface area contributed by atoms with E-state index in [1.165, 1.54) is 11.1 Å². The van der Waals surface area contributed by atoms with Crippen LogP contribution < -0.4 is 10.1 Å². The summed E-state index contributed by atoms with van der Waals surface area (Å²) in [7, 11) is 2.00. The monoisotopic (exact) mass is 247 g/mol. The summed E-state index contributed by atoms with van der Waals surface area (Å²) in [6, 6.07) is 8.69. The zero-order chi connectivity index (χ0) is 13.5. The normalized spacial score (nSPS) is 12.5. The van der Waals surface area contributed by atoms with Crippen LogP contribution in [-0.4, -0.2) is 13.2 Å². The molecule has 1 atom stereocenters. The largest absolute Gasteiger partial charge is 0.491 e. The molecular weight excluding hydrogens is 222 g/mol. The van der Waals surface area contributed by atoms with E-state index in [1.54, 1.807) is 0 Å². The lowest BCUT2D eigenvalue weighted by atomic mass is 10.00. The molecule has 0 aromatic heterocycles. The van der Waals surface area contributed by atoms with Gasteiger partial charge in [-0.2, -0.15) is 0 Å². The first-order valence-electron chi connectivity index (χ1n) is 6.61. The molecule has 0 aliphatic heterocycles. The van der Waals surface area contributed by atoms with Gasteiger partial charge in [-0.3, -0.25) is 0 Å². The molecule has 100 valence electrons. The van der Waals surface area contributed by atoms with E-state index in [9.17, 15) is 0 Å². The fourth-order valence-electron chi connectivity index (χ4n) is 1.95. The summed E-state index contributed by atoms with van der Waals surface area (Å²) in [6.07, 6.45) is 2.32. The SMILES string of the molecule is C=C(C)CCC(NC)c1cccc(OC(C)C)c1. The number of rotatable bonds is 7. The molecule has 1 N–H and O–H groups in total. The number of ether oxygens (including phenoxy) is 1. The molecule has 1 unspecified atom stereocenters. The van der Waals surface area contributed by atoms with Gasteiger partial charge in [0.1, 0.15) is 5.75 Å². The van der Waals surface area contributed by atoms with Crippen molar-refractivity contribution in [3.8, 4) is 5.75 Å². The maximum atomic E-state index is 5.73. The van der Waals surface area contributed by atoms with E-state index in [1.807, 2.05) is 27.0 Å². The van der Waals surface area contributed by atoms with Crippen molar-refractivity contribution < 1.29 is 4.74 Å². The maximum Gasteiger partial charge on any atom is 0.120 e. The Morgan fingerprint density at radius 2 is 2.11 bits per heavy atom. The van der Waals surface area contributed by atoms with Crippen LogP contribution in [0.4, 0.5) is 0 Å². The van der Waals surface area contributed by atoms with Crippen LogP contribution in [0.3, 0.4) is 0 Å². The first-order valence-corrected chi connectivity index (χ1v) is 6.61. The average Bonchev–Trinajstić information content (AvgIpc) is 2.29. The minimum absolute atomic E-state index is 0.212. The molecular formula is C16H25NO. The summed E-state index contributed by atoms with van der Waals surface area (Å²) in [5.41, 5.74) is 2.50. The van der Waals surface area contributed by atoms with Crippen LogP contribution in [0.15, 0.2) is 36.4 Å². The molecule has 0 saturated carbocycles. The predicted octanol–water partition coefficient (Wildman–Crippen LogP) is 4.09. The molecule has 2 nitrogen and oxygen atoms in total. The van der Waals surface area contributed by atoms with Crippen molar-refractivity contribution in [3.63, 3.8) is 0 Å². The molecule has 0 amide bonds. The third-order valence-corrected chi connectivity index (χ3v) is 2.84. The molecule has 0 radical (unpaired) electrons. The minimum atomic E-state index is 0.212. The van der Waals surface area contributed by atoms with Gasteiger partial charge < -0.3 is 10.1 Å². The third kappa shape index (κ3) is 4.92. The molecule has 0 saturated heterocycles. The van der Waals surface area contributed by atoms with E-state index < -0.39 is 0 Å². The molecule has 0 aliphatic rings. The van der Waals surface area contributed by atoms with Crippen molar-refractivity contribution in [2.45, 2.75) is 45.8 Å². The number of nitrogens with one attached hydrogen (secondary N) is 1. The van der Waals surface area contributed by atoms with E-state index in [0.717, 1.165) is 18.6 Å². The van der Waals surface area contributed by atoms with Gasteiger partial charge in [-0.25, -0.2) is 0 Å². The number of allylic oxidation sites excluding steroid dienone is 1. The van der Waals surface area contributed by atoms with Crippen molar-refractivity contribution in [3.05, 3.63) is 42.0 Å². The van der Waals surface area contributed by atoms with Crippen molar-refractivity contribution in [1.82, 2.24) is 5.32 Å². The molecule has 1 aromatic carbocycles. The smallest absolute Gasteiger partial charge is 0.120 e. The van der Waals surface area contributed by atoms with Crippen LogP contribution in [0.1, 0.15) is 45.2 Å². The Morgan fingerprint density at radius 1 is 1.39 bits per heavy atom. The lowest BCUT2D eigenvalue weighted by Crippen LogP contribution is -2.16. The highest BCUT2D eigenvalue weighted by molar-refractivity contribution is 5.30. The fourth-order valence-corrected chi connectivity index (χ4v) is 1.95. The lowest BCUT2D eigenvalue weighted by Gasteiger charge is -2.18. The Bertz CT molecular complexity index is 384. The summed E-state index contributed by atoms with van der Waals surface area (Å²) in [6.45, 7) is 10.1. The number of benzene rings is 1. The molecule has 0 heterocycles. The van der Waals surface area contributed by atoms with Crippen LogP contribution in [-0.2, 0) is 0 Å². The van der Waals surface area contributed by atoms with Crippen LogP contribution in [0.2, 0.25) is 0 Å². The molecule has 0 bridgehead atoms.